The van der Waals surface area contributed by atoms with Crippen molar-refractivity contribution < 1.29 is 9.47 Å². The molecule has 3 nitrogen and oxygen atoms in total. The van der Waals surface area contributed by atoms with E-state index in [0.717, 1.165) is 46.1 Å². The Morgan fingerprint density at radius 3 is 2.32 bits per heavy atom. The lowest BCUT2D eigenvalue weighted by molar-refractivity contribution is 0.286. The van der Waals surface area contributed by atoms with Gasteiger partial charge in [0.25, 0.3) is 0 Å². The van der Waals surface area contributed by atoms with E-state index in [1.165, 1.54) is 5.56 Å². The van der Waals surface area contributed by atoms with Crippen molar-refractivity contribution in [3.63, 3.8) is 0 Å². The zero-order chi connectivity index (χ0) is 17.4. The first-order valence-electron chi connectivity index (χ1n) is 8.17. The standard InChI is InChI=1S/C19H23BrClNO2.ClH/c1-3-23-18-12-15(11-17(20)19(18)24-4-2)13-22-10-9-14-5-7-16(21)8-6-14;/h5-8,11-12,22H,3-4,9-10,13H2,1-2H3;1H. The van der Waals surface area contributed by atoms with Gasteiger partial charge in [-0.25, -0.2) is 0 Å². The second kappa shape index (κ2) is 11.6. The molecule has 25 heavy (non-hydrogen) atoms. The van der Waals surface area contributed by atoms with Gasteiger partial charge in [-0.05, 0) is 78.1 Å². The van der Waals surface area contributed by atoms with Crippen LogP contribution in [0.2, 0.25) is 5.02 Å². The van der Waals surface area contributed by atoms with E-state index in [9.17, 15) is 0 Å². The zero-order valence-corrected chi connectivity index (χ0v) is 17.6. The van der Waals surface area contributed by atoms with Crippen LogP contribution in [0.25, 0.3) is 0 Å². The normalized spacial score (nSPS) is 10.2. The van der Waals surface area contributed by atoms with Crippen molar-refractivity contribution >= 4 is 39.9 Å². The fourth-order valence-corrected chi connectivity index (χ4v) is 3.12. The highest BCUT2D eigenvalue weighted by Crippen LogP contribution is 2.36. The van der Waals surface area contributed by atoms with Crippen molar-refractivity contribution in [2.75, 3.05) is 19.8 Å². The molecule has 2 aromatic rings. The van der Waals surface area contributed by atoms with Gasteiger partial charge in [-0.3, -0.25) is 0 Å². The largest absolute Gasteiger partial charge is 0.490 e. The van der Waals surface area contributed by atoms with Crippen molar-refractivity contribution in [1.29, 1.82) is 0 Å². The molecule has 0 saturated heterocycles. The number of hydrogen-bond acceptors (Lipinski definition) is 3. The Hall–Kier alpha value is -0.940. The smallest absolute Gasteiger partial charge is 0.175 e. The summed E-state index contributed by atoms with van der Waals surface area (Å²) < 4.78 is 12.3. The Morgan fingerprint density at radius 1 is 1.00 bits per heavy atom. The number of nitrogens with one attached hydrogen (secondary N) is 1. The maximum atomic E-state index is 5.90. The van der Waals surface area contributed by atoms with Gasteiger partial charge in [0.1, 0.15) is 0 Å². The average molecular weight is 449 g/mol. The molecule has 2 rings (SSSR count). The lowest BCUT2D eigenvalue weighted by Gasteiger charge is -2.15. The molecule has 0 aromatic heterocycles. The van der Waals surface area contributed by atoms with E-state index in [4.69, 9.17) is 21.1 Å². The van der Waals surface area contributed by atoms with Crippen LogP contribution in [0.1, 0.15) is 25.0 Å². The van der Waals surface area contributed by atoms with Crippen LogP contribution < -0.4 is 14.8 Å². The van der Waals surface area contributed by atoms with Crippen LogP contribution in [-0.2, 0) is 13.0 Å². The fraction of sp³-hybridized carbons (Fsp3) is 0.368. The Labute approximate surface area is 169 Å². The number of hydrogen-bond donors (Lipinski definition) is 1. The molecule has 0 unspecified atom stereocenters. The molecule has 0 amide bonds. The maximum absolute atomic E-state index is 5.90. The third kappa shape index (κ3) is 7.06. The van der Waals surface area contributed by atoms with E-state index in [-0.39, 0.29) is 12.4 Å². The van der Waals surface area contributed by atoms with Gasteiger partial charge < -0.3 is 14.8 Å². The van der Waals surface area contributed by atoms with Crippen molar-refractivity contribution in [3.8, 4) is 11.5 Å². The minimum absolute atomic E-state index is 0. The second-order valence-corrected chi connectivity index (χ2v) is 6.61. The Bertz CT molecular complexity index is 651. The monoisotopic (exact) mass is 447 g/mol. The van der Waals surface area contributed by atoms with E-state index in [0.29, 0.717) is 13.2 Å². The molecule has 0 fully saturated rings. The summed E-state index contributed by atoms with van der Waals surface area (Å²) in [6, 6.07) is 12.1. The van der Waals surface area contributed by atoms with Crippen LogP contribution in [-0.4, -0.2) is 19.8 Å². The van der Waals surface area contributed by atoms with Gasteiger partial charge in [0.05, 0.1) is 17.7 Å². The van der Waals surface area contributed by atoms with E-state index in [1.54, 1.807) is 0 Å². The molecule has 0 atom stereocenters. The first-order valence-corrected chi connectivity index (χ1v) is 9.34. The van der Waals surface area contributed by atoms with Crippen molar-refractivity contribution in [3.05, 3.63) is 57.0 Å². The molecule has 138 valence electrons. The number of halogens is 3. The summed E-state index contributed by atoms with van der Waals surface area (Å²) in [7, 11) is 0. The SMILES string of the molecule is CCOc1cc(CNCCc2ccc(Cl)cc2)cc(Br)c1OCC.Cl. The van der Waals surface area contributed by atoms with Crippen molar-refractivity contribution in [2.24, 2.45) is 0 Å². The van der Waals surface area contributed by atoms with Gasteiger partial charge in [-0.2, -0.15) is 0 Å². The van der Waals surface area contributed by atoms with Crippen LogP contribution in [0.3, 0.4) is 0 Å². The summed E-state index contributed by atoms with van der Waals surface area (Å²) in [6.45, 7) is 6.83. The second-order valence-electron chi connectivity index (χ2n) is 5.32. The Balaban J connectivity index is 0.00000312. The molecule has 0 saturated carbocycles. The lowest BCUT2D eigenvalue weighted by Crippen LogP contribution is -2.16. The Morgan fingerprint density at radius 2 is 1.68 bits per heavy atom. The number of rotatable bonds is 9. The molecule has 0 bridgehead atoms. The van der Waals surface area contributed by atoms with E-state index in [2.05, 4.69) is 39.4 Å². The van der Waals surface area contributed by atoms with Crippen LogP contribution in [0.5, 0.6) is 11.5 Å². The summed E-state index contributed by atoms with van der Waals surface area (Å²) in [4.78, 5) is 0. The summed E-state index contributed by atoms with van der Waals surface area (Å²) in [5.41, 5.74) is 2.43. The quantitative estimate of drug-likeness (QED) is 0.502. The molecule has 0 aliphatic heterocycles. The van der Waals surface area contributed by atoms with Crippen LogP contribution >= 0.6 is 39.9 Å². The van der Waals surface area contributed by atoms with Crippen LogP contribution in [0.15, 0.2) is 40.9 Å². The molecular weight excluding hydrogens is 425 g/mol. The Kier molecular flexibility index (Phi) is 10.3. The molecule has 6 heteroatoms. The molecule has 2 aromatic carbocycles. The fourth-order valence-electron chi connectivity index (χ4n) is 2.39. The highest BCUT2D eigenvalue weighted by Gasteiger charge is 2.11. The summed E-state index contributed by atoms with van der Waals surface area (Å²) >= 11 is 9.48. The topological polar surface area (TPSA) is 30.5 Å². The molecule has 0 heterocycles. The predicted molar refractivity (Wildman–Crippen MR) is 111 cm³/mol. The van der Waals surface area contributed by atoms with Gasteiger partial charge in [0.15, 0.2) is 11.5 Å². The van der Waals surface area contributed by atoms with Gasteiger partial charge in [0, 0.05) is 11.6 Å². The van der Waals surface area contributed by atoms with E-state index >= 15 is 0 Å². The molecule has 0 aliphatic rings. The maximum Gasteiger partial charge on any atom is 0.175 e. The highest BCUT2D eigenvalue weighted by molar-refractivity contribution is 9.10. The average Bonchev–Trinajstić information content (AvgIpc) is 2.57. The van der Waals surface area contributed by atoms with Crippen LogP contribution in [0, 0.1) is 0 Å². The van der Waals surface area contributed by atoms with Gasteiger partial charge >= 0.3 is 0 Å². The molecular formula is C19H24BrCl2NO2. The third-order valence-corrected chi connectivity index (χ3v) is 4.33. The van der Waals surface area contributed by atoms with E-state index < -0.39 is 0 Å². The molecule has 1 N–H and O–H groups in total. The van der Waals surface area contributed by atoms with Gasteiger partial charge in [0.2, 0.25) is 0 Å². The summed E-state index contributed by atoms with van der Waals surface area (Å²) in [5.74, 6) is 1.55. The van der Waals surface area contributed by atoms with Crippen LogP contribution in [0.4, 0.5) is 0 Å². The van der Waals surface area contributed by atoms with Gasteiger partial charge in [-0.1, -0.05) is 23.7 Å². The van der Waals surface area contributed by atoms with Crippen molar-refractivity contribution in [1.82, 2.24) is 5.32 Å². The van der Waals surface area contributed by atoms with E-state index in [1.807, 2.05) is 32.0 Å². The molecule has 0 spiro atoms. The number of ether oxygens (including phenoxy) is 2. The zero-order valence-electron chi connectivity index (χ0n) is 14.5. The minimum atomic E-state index is 0. The predicted octanol–water partition coefficient (Wildman–Crippen LogP) is 5.65. The first kappa shape index (κ1) is 22.1. The summed E-state index contributed by atoms with van der Waals surface area (Å²) in [6.07, 6.45) is 0.966. The molecule has 0 aliphatic carbocycles. The van der Waals surface area contributed by atoms with Gasteiger partial charge in [-0.15, -0.1) is 12.4 Å². The third-order valence-electron chi connectivity index (χ3n) is 3.49. The van der Waals surface area contributed by atoms with Crippen molar-refractivity contribution in [2.45, 2.75) is 26.8 Å². The molecule has 0 radical (unpaired) electrons. The highest BCUT2D eigenvalue weighted by atomic mass is 79.9. The minimum Gasteiger partial charge on any atom is -0.490 e. The summed E-state index contributed by atoms with van der Waals surface area (Å²) in [5, 5.41) is 4.24. The lowest BCUT2D eigenvalue weighted by atomic mass is 10.1. The number of benzene rings is 2. The first-order chi connectivity index (χ1) is 11.6.